The predicted molar refractivity (Wildman–Crippen MR) is 107 cm³/mol. The molecule has 2 aromatic rings. The topological polar surface area (TPSA) is 88.2 Å². The Morgan fingerprint density at radius 2 is 1.71 bits per heavy atom. The number of carbonyl (C=O) groups is 3. The lowest BCUT2D eigenvalue weighted by atomic mass is 9.72. The summed E-state index contributed by atoms with van der Waals surface area (Å²) in [4.78, 5) is 41.5. The van der Waals surface area contributed by atoms with Crippen LogP contribution in [-0.4, -0.2) is 27.6 Å². The lowest BCUT2D eigenvalue weighted by molar-refractivity contribution is 0.0800. The van der Waals surface area contributed by atoms with Crippen LogP contribution in [0.2, 0.25) is 0 Å². The Bertz CT molecular complexity index is 1060. The van der Waals surface area contributed by atoms with E-state index in [1.165, 1.54) is 6.20 Å². The minimum absolute atomic E-state index is 0.0702. The van der Waals surface area contributed by atoms with Gasteiger partial charge in [-0.15, -0.1) is 0 Å². The molecule has 2 aliphatic carbocycles. The normalized spacial score (nSPS) is 19.9. The van der Waals surface area contributed by atoms with Crippen LogP contribution in [0.4, 0.5) is 0 Å². The number of benzene rings is 1. The molecule has 1 aromatic carbocycles. The molecule has 0 bridgehead atoms. The Morgan fingerprint density at radius 3 is 2.39 bits per heavy atom. The third-order valence-electron chi connectivity index (χ3n) is 4.70. The van der Waals surface area contributed by atoms with E-state index in [1.54, 1.807) is 60.8 Å². The highest BCUT2D eigenvalue weighted by molar-refractivity contribution is 7.80. The van der Waals surface area contributed by atoms with Crippen molar-refractivity contribution in [2.24, 2.45) is 11.8 Å². The van der Waals surface area contributed by atoms with Crippen LogP contribution in [0.15, 0.2) is 72.7 Å². The van der Waals surface area contributed by atoms with Gasteiger partial charge in [-0.05, 0) is 36.5 Å². The van der Waals surface area contributed by atoms with E-state index in [0.29, 0.717) is 22.4 Å². The second-order valence-corrected chi connectivity index (χ2v) is 6.86. The highest BCUT2D eigenvalue weighted by Crippen LogP contribution is 2.34. The summed E-state index contributed by atoms with van der Waals surface area (Å²) in [6, 6.07) is 10.1. The largest absolute Gasteiger partial charge is 0.333 e. The van der Waals surface area contributed by atoms with Crippen LogP contribution in [0.3, 0.4) is 0 Å². The molecule has 2 aliphatic rings. The lowest BCUT2D eigenvalue weighted by Crippen LogP contribution is -2.41. The number of Topliss-reactive ketones (excluding diaryl/α,β-unsaturated/α-hetero) is 2. The molecular weight excluding hydrogens is 374 g/mol. The van der Waals surface area contributed by atoms with E-state index >= 15 is 0 Å². The summed E-state index contributed by atoms with van der Waals surface area (Å²) in [5.41, 5.74) is 1.83. The van der Waals surface area contributed by atoms with E-state index in [-0.39, 0.29) is 22.6 Å². The van der Waals surface area contributed by atoms with Crippen LogP contribution in [0.1, 0.15) is 31.1 Å². The van der Waals surface area contributed by atoms with Crippen molar-refractivity contribution in [1.82, 2.24) is 15.6 Å². The Labute approximate surface area is 166 Å². The standard InChI is InChI=1S/C21H15N3O3S/c25-18-14-5-1-2-6-15(14)19(26)17-10-13(7-8-16(17)18)23-21(28)24-20(27)12-4-3-9-22-11-12/h1-11,16-17H,(H2,23,24,27,28). The first kappa shape index (κ1) is 17.9. The van der Waals surface area contributed by atoms with Crippen LogP contribution < -0.4 is 10.6 Å². The summed E-state index contributed by atoms with van der Waals surface area (Å²) in [6.45, 7) is 0. The first-order valence-electron chi connectivity index (χ1n) is 8.64. The minimum atomic E-state index is -0.591. The van der Waals surface area contributed by atoms with E-state index in [1.807, 2.05) is 0 Å². The van der Waals surface area contributed by atoms with Crippen molar-refractivity contribution in [3.05, 3.63) is 89.4 Å². The molecule has 0 radical (unpaired) electrons. The molecule has 0 spiro atoms. The number of nitrogens with one attached hydrogen (secondary N) is 2. The summed E-state index contributed by atoms with van der Waals surface area (Å²) in [7, 11) is 0. The molecule has 28 heavy (non-hydrogen) atoms. The number of fused-ring (bicyclic) bond motifs is 2. The van der Waals surface area contributed by atoms with Gasteiger partial charge in [-0.2, -0.15) is 0 Å². The van der Waals surface area contributed by atoms with E-state index in [9.17, 15) is 14.4 Å². The highest BCUT2D eigenvalue weighted by atomic mass is 32.1. The molecule has 7 heteroatoms. The molecule has 138 valence electrons. The van der Waals surface area contributed by atoms with Crippen LogP contribution >= 0.6 is 12.2 Å². The maximum Gasteiger partial charge on any atom is 0.258 e. The molecule has 0 fully saturated rings. The molecule has 0 saturated carbocycles. The Hall–Kier alpha value is -3.45. The Kier molecular flexibility index (Phi) is 4.67. The summed E-state index contributed by atoms with van der Waals surface area (Å²) in [5.74, 6) is -1.67. The molecule has 6 nitrogen and oxygen atoms in total. The average molecular weight is 389 g/mol. The SMILES string of the molecule is O=C(NC(=S)NC1=CC2C(=O)c3ccccc3C(=O)C2C=C1)c1cccnc1. The predicted octanol–water partition coefficient (Wildman–Crippen LogP) is 2.45. The molecule has 2 N–H and O–H groups in total. The fourth-order valence-electron chi connectivity index (χ4n) is 3.36. The van der Waals surface area contributed by atoms with Crippen molar-refractivity contribution in [2.75, 3.05) is 0 Å². The van der Waals surface area contributed by atoms with Gasteiger partial charge in [-0.1, -0.05) is 30.3 Å². The smallest absolute Gasteiger partial charge is 0.258 e. The maximum atomic E-state index is 12.8. The number of carbonyl (C=O) groups excluding carboxylic acids is 3. The monoisotopic (exact) mass is 389 g/mol. The maximum absolute atomic E-state index is 12.8. The minimum Gasteiger partial charge on any atom is -0.333 e. The quantitative estimate of drug-likeness (QED) is 0.767. The van der Waals surface area contributed by atoms with E-state index in [0.717, 1.165) is 0 Å². The molecule has 1 amide bonds. The Morgan fingerprint density at radius 1 is 1.00 bits per heavy atom. The molecule has 4 rings (SSSR count). The number of pyridine rings is 1. The lowest BCUT2D eigenvalue weighted by Gasteiger charge is -2.29. The van der Waals surface area contributed by atoms with Gasteiger partial charge in [-0.3, -0.25) is 24.7 Å². The first-order chi connectivity index (χ1) is 13.5. The number of allylic oxidation sites excluding steroid dienone is 3. The second kappa shape index (κ2) is 7.28. The number of thiocarbonyl (C=S) groups is 1. The Balaban J connectivity index is 1.49. The fourth-order valence-corrected chi connectivity index (χ4v) is 3.57. The number of nitrogens with zero attached hydrogens (tertiary/aromatic N) is 1. The van der Waals surface area contributed by atoms with Crippen LogP contribution in [0.5, 0.6) is 0 Å². The molecule has 1 aromatic heterocycles. The average Bonchev–Trinajstić information content (AvgIpc) is 2.72. The number of aromatic nitrogens is 1. The van der Waals surface area contributed by atoms with E-state index in [2.05, 4.69) is 15.6 Å². The second-order valence-electron chi connectivity index (χ2n) is 6.46. The van der Waals surface area contributed by atoms with Crippen molar-refractivity contribution in [3.63, 3.8) is 0 Å². The van der Waals surface area contributed by atoms with Gasteiger partial charge in [0.2, 0.25) is 0 Å². The zero-order valence-electron chi connectivity index (χ0n) is 14.6. The van der Waals surface area contributed by atoms with Crippen LogP contribution in [0.25, 0.3) is 0 Å². The van der Waals surface area contributed by atoms with E-state index < -0.39 is 11.8 Å². The zero-order valence-corrected chi connectivity index (χ0v) is 15.4. The number of ketones is 2. The summed E-state index contributed by atoms with van der Waals surface area (Å²) in [6.07, 6.45) is 8.09. The van der Waals surface area contributed by atoms with E-state index in [4.69, 9.17) is 12.2 Å². The molecular formula is C21H15N3O3S. The molecule has 0 aliphatic heterocycles. The van der Waals surface area contributed by atoms with Crippen molar-refractivity contribution >= 4 is 34.8 Å². The van der Waals surface area contributed by atoms with Gasteiger partial charge < -0.3 is 5.32 Å². The molecule has 0 saturated heterocycles. The van der Waals surface area contributed by atoms with Gasteiger partial charge in [0.1, 0.15) is 0 Å². The van der Waals surface area contributed by atoms with Crippen molar-refractivity contribution in [2.45, 2.75) is 0 Å². The zero-order chi connectivity index (χ0) is 19.7. The van der Waals surface area contributed by atoms with Gasteiger partial charge in [0, 0.05) is 29.2 Å². The van der Waals surface area contributed by atoms with Crippen molar-refractivity contribution < 1.29 is 14.4 Å². The highest BCUT2D eigenvalue weighted by Gasteiger charge is 2.40. The van der Waals surface area contributed by atoms with Gasteiger partial charge >= 0.3 is 0 Å². The van der Waals surface area contributed by atoms with Gasteiger partial charge in [0.05, 0.1) is 17.4 Å². The van der Waals surface area contributed by atoms with Crippen molar-refractivity contribution in [1.29, 1.82) is 0 Å². The van der Waals surface area contributed by atoms with Gasteiger partial charge in [-0.25, -0.2) is 0 Å². The number of hydrogen-bond donors (Lipinski definition) is 2. The first-order valence-corrected chi connectivity index (χ1v) is 9.05. The summed E-state index contributed by atoms with van der Waals surface area (Å²) >= 11 is 5.18. The third-order valence-corrected chi connectivity index (χ3v) is 4.91. The van der Waals surface area contributed by atoms with Gasteiger partial charge in [0.25, 0.3) is 5.91 Å². The molecule has 2 unspecified atom stereocenters. The van der Waals surface area contributed by atoms with Crippen LogP contribution in [0, 0.1) is 11.8 Å². The van der Waals surface area contributed by atoms with Gasteiger partial charge in [0.15, 0.2) is 16.7 Å². The summed E-state index contributed by atoms with van der Waals surface area (Å²) < 4.78 is 0. The number of rotatable bonds is 2. The van der Waals surface area contributed by atoms with Crippen LogP contribution in [-0.2, 0) is 0 Å². The summed E-state index contributed by atoms with van der Waals surface area (Å²) in [5, 5.41) is 5.56. The fraction of sp³-hybridized carbons (Fsp3) is 0.0952. The third kappa shape index (κ3) is 3.27. The van der Waals surface area contributed by atoms with Crippen molar-refractivity contribution in [3.8, 4) is 0 Å². The number of hydrogen-bond acceptors (Lipinski definition) is 5. The number of amides is 1. The molecule has 1 heterocycles. The molecule has 2 atom stereocenters.